The molecule has 9 heteroatoms. The van der Waals surface area contributed by atoms with Crippen LogP contribution in [0.4, 0.5) is 14.5 Å². The molecule has 0 aromatic heterocycles. The summed E-state index contributed by atoms with van der Waals surface area (Å²) in [7, 11) is -1.01. The van der Waals surface area contributed by atoms with Crippen molar-refractivity contribution in [3.05, 3.63) is 83.9 Å². The Kier molecular flexibility index (Phi) is 7.57. The van der Waals surface area contributed by atoms with E-state index in [1.807, 2.05) is 0 Å². The molecule has 0 spiro atoms. The van der Waals surface area contributed by atoms with Gasteiger partial charge in [0.05, 0.1) is 24.8 Å². The van der Waals surface area contributed by atoms with Crippen molar-refractivity contribution < 1.29 is 26.7 Å². The molecule has 0 atom stereocenters. The highest BCUT2D eigenvalue weighted by atomic mass is 32.2. The molecule has 35 heavy (non-hydrogen) atoms. The minimum atomic E-state index is -4.01. The second-order valence-electron chi connectivity index (χ2n) is 8.39. The standard InChI is InChI=1S/C26H28F2N2O4S/c1-33-25-12-9-22(17-26(25)34-2)30(35(31,32)23-10-7-20(27)8-11-23)21-13-15-29(16-14-21)18-19-5-3-4-6-24(19)28/h3-12,17,21H,13-16,18H2,1-2H3. The zero-order chi connectivity index (χ0) is 25.0. The molecule has 0 bridgehead atoms. The summed E-state index contributed by atoms with van der Waals surface area (Å²) in [5.41, 5.74) is 1.04. The van der Waals surface area contributed by atoms with Crippen LogP contribution in [0.15, 0.2) is 71.6 Å². The number of piperidine rings is 1. The van der Waals surface area contributed by atoms with Gasteiger partial charge in [-0.25, -0.2) is 17.2 Å². The van der Waals surface area contributed by atoms with Gasteiger partial charge in [-0.3, -0.25) is 9.21 Å². The molecular weight excluding hydrogens is 474 g/mol. The summed E-state index contributed by atoms with van der Waals surface area (Å²) in [6, 6.07) is 16.1. The van der Waals surface area contributed by atoms with Gasteiger partial charge >= 0.3 is 0 Å². The summed E-state index contributed by atoms with van der Waals surface area (Å²) in [6.45, 7) is 1.66. The third-order valence-corrected chi connectivity index (χ3v) is 8.13. The summed E-state index contributed by atoms with van der Waals surface area (Å²) < 4.78 is 67.3. The molecule has 6 nitrogen and oxygen atoms in total. The van der Waals surface area contributed by atoms with Crippen LogP contribution in [0, 0.1) is 11.6 Å². The maximum Gasteiger partial charge on any atom is 0.264 e. The fourth-order valence-corrected chi connectivity index (χ4v) is 6.11. The molecule has 0 unspecified atom stereocenters. The number of likely N-dealkylation sites (tertiary alicyclic amines) is 1. The van der Waals surface area contributed by atoms with Crippen molar-refractivity contribution in [2.45, 2.75) is 30.3 Å². The first-order valence-electron chi connectivity index (χ1n) is 11.3. The SMILES string of the molecule is COc1ccc(N(C2CCN(Cc3ccccc3F)CC2)S(=O)(=O)c2ccc(F)cc2)cc1OC. The van der Waals surface area contributed by atoms with Gasteiger partial charge in [0.2, 0.25) is 0 Å². The number of nitrogens with zero attached hydrogens (tertiary/aromatic N) is 2. The smallest absolute Gasteiger partial charge is 0.264 e. The van der Waals surface area contributed by atoms with Gasteiger partial charge in [0.1, 0.15) is 11.6 Å². The summed E-state index contributed by atoms with van der Waals surface area (Å²) in [6.07, 6.45) is 1.09. The highest BCUT2D eigenvalue weighted by Crippen LogP contribution is 2.37. The van der Waals surface area contributed by atoms with Crippen molar-refractivity contribution in [2.24, 2.45) is 0 Å². The first-order valence-corrected chi connectivity index (χ1v) is 12.8. The van der Waals surface area contributed by atoms with Gasteiger partial charge in [0, 0.05) is 37.3 Å². The van der Waals surface area contributed by atoms with Gasteiger partial charge in [-0.15, -0.1) is 0 Å². The minimum Gasteiger partial charge on any atom is -0.493 e. The minimum absolute atomic E-state index is 0.00229. The fourth-order valence-electron chi connectivity index (χ4n) is 4.41. The maximum atomic E-state index is 14.1. The lowest BCUT2D eigenvalue weighted by Gasteiger charge is -2.39. The Hall–Kier alpha value is -3.17. The Labute approximate surface area is 204 Å². The number of hydrogen-bond acceptors (Lipinski definition) is 5. The Morgan fingerprint density at radius 2 is 1.57 bits per heavy atom. The van der Waals surface area contributed by atoms with Crippen molar-refractivity contribution in [2.75, 3.05) is 31.6 Å². The fraction of sp³-hybridized carbons (Fsp3) is 0.308. The average molecular weight is 503 g/mol. The second-order valence-corrected chi connectivity index (χ2v) is 10.2. The van der Waals surface area contributed by atoms with E-state index in [1.54, 1.807) is 36.4 Å². The molecule has 3 aromatic carbocycles. The van der Waals surface area contributed by atoms with Crippen LogP contribution in [0.3, 0.4) is 0 Å². The van der Waals surface area contributed by atoms with Gasteiger partial charge in [-0.05, 0) is 55.3 Å². The quantitative estimate of drug-likeness (QED) is 0.441. The molecule has 1 heterocycles. The van der Waals surface area contributed by atoms with E-state index in [2.05, 4.69) is 4.90 Å². The van der Waals surface area contributed by atoms with Crippen LogP contribution in [0.25, 0.3) is 0 Å². The van der Waals surface area contributed by atoms with E-state index in [0.29, 0.717) is 55.2 Å². The largest absolute Gasteiger partial charge is 0.493 e. The van der Waals surface area contributed by atoms with Gasteiger partial charge in [-0.2, -0.15) is 0 Å². The summed E-state index contributed by atoms with van der Waals surface area (Å²) in [5.74, 6) is 0.125. The van der Waals surface area contributed by atoms with Crippen molar-refractivity contribution in [3.8, 4) is 11.5 Å². The zero-order valence-electron chi connectivity index (χ0n) is 19.7. The van der Waals surface area contributed by atoms with E-state index >= 15 is 0 Å². The topological polar surface area (TPSA) is 59.1 Å². The predicted molar refractivity (Wildman–Crippen MR) is 130 cm³/mol. The van der Waals surface area contributed by atoms with Crippen molar-refractivity contribution in [3.63, 3.8) is 0 Å². The Morgan fingerprint density at radius 3 is 2.20 bits per heavy atom. The molecule has 186 valence electrons. The number of hydrogen-bond donors (Lipinski definition) is 0. The van der Waals surface area contributed by atoms with Crippen LogP contribution in [0.1, 0.15) is 18.4 Å². The van der Waals surface area contributed by atoms with Gasteiger partial charge in [0.15, 0.2) is 11.5 Å². The Bertz CT molecular complexity index is 1260. The summed E-state index contributed by atoms with van der Waals surface area (Å²) >= 11 is 0. The van der Waals surface area contributed by atoms with E-state index < -0.39 is 15.8 Å². The zero-order valence-corrected chi connectivity index (χ0v) is 20.5. The van der Waals surface area contributed by atoms with Crippen molar-refractivity contribution in [1.82, 2.24) is 4.90 Å². The molecular formula is C26H28F2N2O4S. The average Bonchev–Trinajstić information content (AvgIpc) is 2.86. The molecule has 0 radical (unpaired) electrons. The van der Waals surface area contributed by atoms with Crippen LogP contribution in [-0.2, 0) is 16.6 Å². The first kappa shape index (κ1) is 24.9. The van der Waals surface area contributed by atoms with Crippen LogP contribution < -0.4 is 13.8 Å². The number of benzene rings is 3. The lowest BCUT2D eigenvalue weighted by molar-refractivity contribution is 0.204. The first-order chi connectivity index (χ1) is 16.8. The normalized spacial score (nSPS) is 15.1. The number of methoxy groups -OCH3 is 2. The third-order valence-electron chi connectivity index (χ3n) is 6.23. The monoisotopic (exact) mass is 502 g/mol. The number of rotatable bonds is 8. The van der Waals surface area contributed by atoms with Crippen molar-refractivity contribution >= 4 is 15.7 Å². The van der Waals surface area contributed by atoms with E-state index in [4.69, 9.17) is 9.47 Å². The molecule has 3 aromatic rings. The van der Waals surface area contributed by atoms with Crippen LogP contribution >= 0.6 is 0 Å². The molecule has 4 rings (SSSR count). The highest BCUT2D eigenvalue weighted by molar-refractivity contribution is 7.92. The van der Waals surface area contributed by atoms with E-state index in [9.17, 15) is 17.2 Å². The van der Waals surface area contributed by atoms with Gasteiger partial charge in [-0.1, -0.05) is 18.2 Å². The van der Waals surface area contributed by atoms with E-state index in [-0.39, 0.29) is 16.8 Å². The highest BCUT2D eigenvalue weighted by Gasteiger charge is 2.35. The Morgan fingerprint density at radius 1 is 0.914 bits per heavy atom. The lowest BCUT2D eigenvalue weighted by Crippen LogP contribution is -2.47. The Balaban J connectivity index is 1.64. The predicted octanol–water partition coefficient (Wildman–Crippen LogP) is 4.84. The third kappa shape index (κ3) is 5.41. The van der Waals surface area contributed by atoms with Crippen LogP contribution in [-0.4, -0.2) is 46.7 Å². The second kappa shape index (κ2) is 10.6. The van der Waals surface area contributed by atoms with Gasteiger partial charge < -0.3 is 9.47 Å². The number of sulfonamides is 1. The summed E-state index contributed by atoms with van der Waals surface area (Å²) in [5, 5.41) is 0. The molecule has 0 saturated carbocycles. The lowest BCUT2D eigenvalue weighted by atomic mass is 10.0. The van der Waals surface area contributed by atoms with Crippen LogP contribution in [0.2, 0.25) is 0 Å². The number of ether oxygens (including phenoxy) is 2. The molecule has 0 amide bonds. The van der Waals surface area contributed by atoms with Gasteiger partial charge in [0.25, 0.3) is 10.0 Å². The molecule has 1 saturated heterocycles. The van der Waals surface area contributed by atoms with E-state index in [1.165, 1.54) is 36.7 Å². The molecule has 1 aliphatic heterocycles. The molecule has 1 aliphatic rings. The number of anilines is 1. The number of halogens is 2. The molecule has 0 N–H and O–H groups in total. The molecule has 1 fully saturated rings. The van der Waals surface area contributed by atoms with Crippen LogP contribution in [0.5, 0.6) is 11.5 Å². The molecule has 0 aliphatic carbocycles. The van der Waals surface area contributed by atoms with E-state index in [0.717, 1.165) is 12.1 Å². The maximum absolute atomic E-state index is 14.1. The summed E-state index contributed by atoms with van der Waals surface area (Å²) in [4.78, 5) is 2.12. The van der Waals surface area contributed by atoms with Crippen molar-refractivity contribution in [1.29, 1.82) is 0 Å².